The van der Waals surface area contributed by atoms with Crippen molar-refractivity contribution < 1.29 is 4.79 Å². The highest BCUT2D eigenvalue weighted by Crippen LogP contribution is 2.30. The summed E-state index contributed by atoms with van der Waals surface area (Å²) in [5, 5.41) is 0. The molecular weight excluding hydrogens is 304 g/mol. The van der Waals surface area contributed by atoms with Crippen LogP contribution in [0.5, 0.6) is 0 Å². The van der Waals surface area contributed by atoms with E-state index in [4.69, 9.17) is 0 Å². The lowest BCUT2D eigenvalue weighted by Gasteiger charge is -2.34. The van der Waals surface area contributed by atoms with E-state index in [1.165, 1.54) is 19.4 Å². The minimum atomic E-state index is 0.165. The number of amides is 1. The van der Waals surface area contributed by atoms with E-state index in [1.807, 2.05) is 29.2 Å². The van der Waals surface area contributed by atoms with Gasteiger partial charge >= 0.3 is 0 Å². The molecule has 1 aromatic carbocycles. The third-order valence-corrected chi connectivity index (χ3v) is 4.49. The topological polar surface area (TPSA) is 23.6 Å². The molecule has 2 aliphatic rings. The maximum Gasteiger partial charge on any atom is 0.253 e. The zero-order valence-electron chi connectivity index (χ0n) is 11.0. The van der Waals surface area contributed by atoms with E-state index in [1.54, 1.807) is 0 Å². The Bertz CT molecular complexity index is 448. The number of halogens is 1. The van der Waals surface area contributed by atoms with Crippen molar-refractivity contribution >= 4 is 21.8 Å². The first-order chi connectivity index (χ1) is 9.22. The number of piperazine rings is 1. The number of benzene rings is 1. The first-order valence-corrected chi connectivity index (χ1v) is 7.79. The van der Waals surface area contributed by atoms with Crippen molar-refractivity contribution in [2.24, 2.45) is 5.92 Å². The van der Waals surface area contributed by atoms with Crippen molar-refractivity contribution in [1.29, 1.82) is 0 Å². The molecule has 0 atom stereocenters. The lowest BCUT2D eigenvalue weighted by atomic mass is 10.2. The minimum Gasteiger partial charge on any atom is -0.336 e. The van der Waals surface area contributed by atoms with Crippen molar-refractivity contribution in [2.75, 3.05) is 32.7 Å². The lowest BCUT2D eigenvalue weighted by Crippen LogP contribution is -2.49. The molecule has 19 heavy (non-hydrogen) atoms. The van der Waals surface area contributed by atoms with Gasteiger partial charge in [-0.15, -0.1) is 0 Å². The Morgan fingerprint density at radius 1 is 1.11 bits per heavy atom. The Morgan fingerprint density at radius 3 is 2.32 bits per heavy atom. The second kappa shape index (κ2) is 5.63. The minimum absolute atomic E-state index is 0.165. The monoisotopic (exact) mass is 322 g/mol. The largest absolute Gasteiger partial charge is 0.336 e. The molecule has 4 heteroatoms. The van der Waals surface area contributed by atoms with Crippen molar-refractivity contribution in [1.82, 2.24) is 9.80 Å². The summed E-state index contributed by atoms with van der Waals surface area (Å²) in [5.41, 5.74) is 0.791. The van der Waals surface area contributed by atoms with Crippen LogP contribution in [0.25, 0.3) is 0 Å². The fourth-order valence-corrected chi connectivity index (χ4v) is 2.84. The highest BCUT2D eigenvalue weighted by Gasteiger charge is 2.27. The normalized spacial score (nSPS) is 20.6. The maximum absolute atomic E-state index is 12.3. The second-order valence-corrected chi connectivity index (χ2v) is 6.46. The van der Waals surface area contributed by atoms with Gasteiger partial charge in [-0.3, -0.25) is 9.69 Å². The highest BCUT2D eigenvalue weighted by molar-refractivity contribution is 9.10. The van der Waals surface area contributed by atoms with E-state index in [0.29, 0.717) is 0 Å². The van der Waals surface area contributed by atoms with Crippen LogP contribution < -0.4 is 0 Å². The van der Waals surface area contributed by atoms with Gasteiger partial charge in [-0.1, -0.05) is 15.9 Å². The summed E-state index contributed by atoms with van der Waals surface area (Å²) in [4.78, 5) is 16.8. The van der Waals surface area contributed by atoms with Gasteiger partial charge in [0.05, 0.1) is 0 Å². The Labute approximate surface area is 122 Å². The number of hydrogen-bond acceptors (Lipinski definition) is 2. The van der Waals surface area contributed by atoms with Crippen molar-refractivity contribution in [3.63, 3.8) is 0 Å². The molecular formula is C15H19BrN2O. The summed E-state index contributed by atoms with van der Waals surface area (Å²) in [6.45, 7) is 5.01. The Morgan fingerprint density at radius 2 is 1.74 bits per heavy atom. The van der Waals surface area contributed by atoms with Gasteiger partial charge in [0.2, 0.25) is 0 Å². The lowest BCUT2D eigenvalue weighted by molar-refractivity contribution is 0.0632. The standard InChI is InChI=1S/C15H19BrN2O/c16-14-5-3-13(4-6-14)15(19)18-9-7-17(8-10-18)11-12-1-2-12/h3-6,12H,1-2,7-11H2. The molecule has 1 aliphatic heterocycles. The van der Waals surface area contributed by atoms with Crippen molar-refractivity contribution in [3.05, 3.63) is 34.3 Å². The van der Waals surface area contributed by atoms with Crippen LogP contribution in [0.4, 0.5) is 0 Å². The predicted molar refractivity (Wildman–Crippen MR) is 79.2 cm³/mol. The molecule has 102 valence electrons. The molecule has 1 aliphatic carbocycles. The van der Waals surface area contributed by atoms with E-state index in [9.17, 15) is 4.79 Å². The summed E-state index contributed by atoms with van der Waals surface area (Å²) >= 11 is 3.40. The molecule has 2 fully saturated rings. The van der Waals surface area contributed by atoms with Crippen LogP contribution in [0.2, 0.25) is 0 Å². The maximum atomic E-state index is 12.3. The van der Waals surface area contributed by atoms with E-state index in [0.717, 1.165) is 42.1 Å². The predicted octanol–water partition coefficient (Wildman–Crippen LogP) is 2.62. The van der Waals surface area contributed by atoms with Gasteiger partial charge in [0.15, 0.2) is 0 Å². The van der Waals surface area contributed by atoms with Crippen molar-refractivity contribution in [3.8, 4) is 0 Å². The van der Waals surface area contributed by atoms with Crippen LogP contribution in [0.15, 0.2) is 28.7 Å². The number of hydrogen-bond donors (Lipinski definition) is 0. The molecule has 3 nitrogen and oxygen atoms in total. The fraction of sp³-hybridized carbons (Fsp3) is 0.533. The number of rotatable bonds is 3. The van der Waals surface area contributed by atoms with Crippen LogP contribution in [-0.4, -0.2) is 48.4 Å². The quantitative estimate of drug-likeness (QED) is 0.854. The Balaban J connectivity index is 1.55. The van der Waals surface area contributed by atoms with Crippen LogP contribution in [0.1, 0.15) is 23.2 Å². The van der Waals surface area contributed by atoms with E-state index in [-0.39, 0.29) is 5.91 Å². The molecule has 3 rings (SSSR count). The molecule has 1 saturated carbocycles. The molecule has 1 aromatic rings. The molecule has 0 bridgehead atoms. The van der Waals surface area contributed by atoms with Gasteiger partial charge in [-0.05, 0) is 43.0 Å². The zero-order chi connectivity index (χ0) is 13.2. The third kappa shape index (κ3) is 3.37. The zero-order valence-corrected chi connectivity index (χ0v) is 12.6. The number of nitrogens with zero attached hydrogens (tertiary/aromatic N) is 2. The van der Waals surface area contributed by atoms with Gasteiger partial charge < -0.3 is 4.90 Å². The number of carbonyl (C=O) groups is 1. The molecule has 1 saturated heterocycles. The average molecular weight is 323 g/mol. The summed E-state index contributed by atoms with van der Waals surface area (Å²) in [5.74, 6) is 1.10. The van der Waals surface area contributed by atoms with Gasteiger partial charge in [0.25, 0.3) is 5.91 Å². The van der Waals surface area contributed by atoms with E-state index in [2.05, 4.69) is 20.8 Å². The second-order valence-electron chi connectivity index (χ2n) is 5.54. The molecule has 0 radical (unpaired) electrons. The molecule has 0 spiro atoms. The molecule has 1 amide bonds. The van der Waals surface area contributed by atoms with Crippen LogP contribution in [0, 0.1) is 5.92 Å². The van der Waals surface area contributed by atoms with Crippen LogP contribution in [0.3, 0.4) is 0 Å². The molecule has 0 aromatic heterocycles. The van der Waals surface area contributed by atoms with Crippen LogP contribution in [-0.2, 0) is 0 Å². The third-order valence-electron chi connectivity index (χ3n) is 3.96. The fourth-order valence-electron chi connectivity index (χ4n) is 2.57. The summed E-state index contributed by atoms with van der Waals surface area (Å²) in [7, 11) is 0. The summed E-state index contributed by atoms with van der Waals surface area (Å²) in [6, 6.07) is 7.64. The molecule has 1 heterocycles. The van der Waals surface area contributed by atoms with Crippen molar-refractivity contribution in [2.45, 2.75) is 12.8 Å². The SMILES string of the molecule is O=C(c1ccc(Br)cc1)N1CCN(CC2CC2)CC1. The van der Waals surface area contributed by atoms with Gasteiger partial charge in [0.1, 0.15) is 0 Å². The van der Waals surface area contributed by atoms with E-state index >= 15 is 0 Å². The van der Waals surface area contributed by atoms with Gasteiger partial charge in [-0.2, -0.15) is 0 Å². The van der Waals surface area contributed by atoms with Crippen LogP contribution >= 0.6 is 15.9 Å². The first kappa shape index (κ1) is 13.1. The highest BCUT2D eigenvalue weighted by atomic mass is 79.9. The average Bonchev–Trinajstić information content (AvgIpc) is 3.24. The summed E-state index contributed by atoms with van der Waals surface area (Å²) in [6.07, 6.45) is 2.80. The smallest absolute Gasteiger partial charge is 0.253 e. The Kier molecular flexibility index (Phi) is 3.89. The van der Waals surface area contributed by atoms with Gasteiger partial charge in [-0.25, -0.2) is 0 Å². The first-order valence-electron chi connectivity index (χ1n) is 6.99. The Hall–Kier alpha value is -0.870. The number of carbonyl (C=O) groups excluding carboxylic acids is 1. The van der Waals surface area contributed by atoms with E-state index < -0.39 is 0 Å². The molecule has 0 unspecified atom stereocenters. The summed E-state index contributed by atoms with van der Waals surface area (Å²) < 4.78 is 1.01. The van der Waals surface area contributed by atoms with Gasteiger partial charge in [0, 0.05) is 42.8 Å². The molecule has 0 N–H and O–H groups in total.